The zero-order chi connectivity index (χ0) is 13.1. The van der Waals surface area contributed by atoms with Gasteiger partial charge in [0.1, 0.15) is 11.9 Å². The molecule has 2 atom stereocenters. The summed E-state index contributed by atoms with van der Waals surface area (Å²) in [7, 11) is 0. The Morgan fingerprint density at radius 1 is 1.39 bits per heavy atom. The lowest BCUT2D eigenvalue weighted by atomic mass is 9.92. The summed E-state index contributed by atoms with van der Waals surface area (Å²) < 4.78 is 6.05. The maximum atomic E-state index is 6.05. The number of alkyl halides is 1. The molecule has 0 N–H and O–H groups in total. The summed E-state index contributed by atoms with van der Waals surface area (Å²) in [5.41, 5.74) is 2.72. The van der Waals surface area contributed by atoms with Crippen LogP contribution in [0.2, 0.25) is 0 Å². The molecule has 0 radical (unpaired) electrons. The lowest BCUT2D eigenvalue weighted by Crippen LogP contribution is -2.20. The van der Waals surface area contributed by atoms with Gasteiger partial charge in [-0.2, -0.15) is 0 Å². The van der Waals surface area contributed by atoms with Crippen LogP contribution in [0.15, 0.2) is 18.2 Å². The normalized spacial score (nSPS) is 19.7. The molecule has 2 heteroatoms. The molecule has 1 aliphatic heterocycles. The SMILES string of the molecule is Cc1ccc2c(c1)CC(CC(CBr)CC(C)C)O2. The molecule has 100 valence electrons. The van der Waals surface area contributed by atoms with Crippen molar-refractivity contribution in [3.8, 4) is 5.75 Å². The quantitative estimate of drug-likeness (QED) is 0.713. The monoisotopic (exact) mass is 310 g/mol. The van der Waals surface area contributed by atoms with Gasteiger partial charge in [-0.25, -0.2) is 0 Å². The Balaban J connectivity index is 1.94. The molecule has 1 nitrogen and oxygen atoms in total. The Morgan fingerprint density at radius 3 is 2.83 bits per heavy atom. The van der Waals surface area contributed by atoms with Crippen LogP contribution in [0.3, 0.4) is 0 Å². The zero-order valence-corrected chi connectivity index (χ0v) is 13.2. The second-order valence-corrected chi connectivity index (χ2v) is 6.59. The Hall–Kier alpha value is -0.500. The summed E-state index contributed by atoms with van der Waals surface area (Å²) in [6.45, 7) is 6.74. The maximum absolute atomic E-state index is 6.05. The van der Waals surface area contributed by atoms with Gasteiger partial charge in [-0.05, 0) is 43.2 Å². The Morgan fingerprint density at radius 2 is 2.17 bits per heavy atom. The maximum Gasteiger partial charge on any atom is 0.123 e. The Labute approximate surface area is 119 Å². The van der Waals surface area contributed by atoms with E-state index in [9.17, 15) is 0 Å². The van der Waals surface area contributed by atoms with Crippen molar-refractivity contribution in [2.75, 3.05) is 5.33 Å². The van der Waals surface area contributed by atoms with Crippen LogP contribution in [0.1, 0.15) is 37.8 Å². The van der Waals surface area contributed by atoms with Crippen LogP contribution in [-0.4, -0.2) is 11.4 Å². The van der Waals surface area contributed by atoms with Crippen LogP contribution < -0.4 is 4.74 Å². The summed E-state index contributed by atoms with van der Waals surface area (Å²) in [6.07, 6.45) is 3.90. The van der Waals surface area contributed by atoms with Crippen molar-refractivity contribution < 1.29 is 4.74 Å². The molecule has 1 heterocycles. The minimum Gasteiger partial charge on any atom is -0.490 e. The van der Waals surface area contributed by atoms with Crippen molar-refractivity contribution in [3.05, 3.63) is 29.3 Å². The fourth-order valence-electron chi connectivity index (χ4n) is 2.84. The van der Waals surface area contributed by atoms with Gasteiger partial charge in [-0.15, -0.1) is 0 Å². The molecule has 2 rings (SSSR count). The van der Waals surface area contributed by atoms with Crippen molar-refractivity contribution in [1.29, 1.82) is 0 Å². The zero-order valence-electron chi connectivity index (χ0n) is 11.6. The minimum absolute atomic E-state index is 0.378. The smallest absolute Gasteiger partial charge is 0.123 e. The summed E-state index contributed by atoms with van der Waals surface area (Å²) in [6, 6.07) is 6.52. The van der Waals surface area contributed by atoms with Crippen LogP contribution >= 0.6 is 15.9 Å². The van der Waals surface area contributed by atoms with E-state index in [1.807, 2.05) is 0 Å². The van der Waals surface area contributed by atoms with E-state index in [0.29, 0.717) is 6.10 Å². The Kier molecular flexibility index (Phi) is 4.71. The summed E-state index contributed by atoms with van der Waals surface area (Å²) in [5, 5.41) is 1.08. The molecule has 1 aliphatic rings. The highest BCUT2D eigenvalue weighted by Gasteiger charge is 2.25. The summed E-state index contributed by atoms with van der Waals surface area (Å²) >= 11 is 3.64. The van der Waals surface area contributed by atoms with Gasteiger partial charge in [0, 0.05) is 11.8 Å². The molecule has 0 bridgehead atoms. The van der Waals surface area contributed by atoms with Gasteiger partial charge in [-0.3, -0.25) is 0 Å². The molecule has 0 saturated heterocycles. The largest absolute Gasteiger partial charge is 0.490 e. The van der Waals surface area contributed by atoms with E-state index in [4.69, 9.17) is 4.74 Å². The van der Waals surface area contributed by atoms with Crippen molar-refractivity contribution in [2.24, 2.45) is 11.8 Å². The van der Waals surface area contributed by atoms with E-state index in [-0.39, 0.29) is 0 Å². The minimum atomic E-state index is 0.378. The second kappa shape index (κ2) is 6.10. The molecule has 2 unspecified atom stereocenters. The number of halogens is 1. The highest BCUT2D eigenvalue weighted by atomic mass is 79.9. The number of ether oxygens (including phenoxy) is 1. The van der Waals surface area contributed by atoms with Gasteiger partial charge in [-0.1, -0.05) is 47.5 Å². The molecule has 1 aromatic carbocycles. The number of hydrogen-bond donors (Lipinski definition) is 0. The van der Waals surface area contributed by atoms with Crippen molar-refractivity contribution in [3.63, 3.8) is 0 Å². The van der Waals surface area contributed by atoms with Gasteiger partial charge >= 0.3 is 0 Å². The van der Waals surface area contributed by atoms with E-state index < -0.39 is 0 Å². The number of aryl methyl sites for hydroxylation is 1. The lowest BCUT2D eigenvalue weighted by Gasteiger charge is -2.20. The molecule has 0 aromatic heterocycles. The van der Waals surface area contributed by atoms with Gasteiger partial charge < -0.3 is 4.74 Å². The fraction of sp³-hybridized carbons (Fsp3) is 0.625. The summed E-state index contributed by atoms with van der Waals surface area (Å²) in [5.74, 6) is 2.59. The predicted octanol–water partition coefficient (Wildman–Crippen LogP) is 4.75. The molecule has 18 heavy (non-hydrogen) atoms. The molecule has 0 fully saturated rings. The third-order valence-corrected chi connectivity index (χ3v) is 4.49. The van der Waals surface area contributed by atoms with Crippen LogP contribution in [-0.2, 0) is 6.42 Å². The Bertz CT molecular complexity index is 400. The standard InChI is InChI=1S/C16H23BrO/c1-11(2)6-13(10-17)8-15-9-14-7-12(3)4-5-16(14)18-15/h4-5,7,11,13,15H,6,8-10H2,1-3H3. The van der Waals surface area contributed by atoms with Crippen LogP contribution in [0.25, 0.3) is 0 Å². The average Bonchev–Trinajstić information content (AvgIpc) is 2.68. The number of fused-ring (bicyclic) bond motifs is 1. The van der Waals surface area contributed by atoms with E-state index in [0.717, 1.165) is 35.8 Å². The number of rotatable bonds is 5. The summed E-state index contributed by atoms with van der Waals surface area (Å²) in [4.78, 5) is 0. The first-order valence-corrected chi connectivity index (χ1v) is 8.02. The third kappa shape index (κ3) is 3.50. The molecule has 0 amide bonds. The highest BCUT2D eigenvalue weighted by Crippen LogP contribution is 2.33. The van der Waals surface area contributed by atoms with Crippen molar-refractivity contribution in [1.82, 2.24) is 0 Å². The lowest BCUT2D eigenvalue weighted by molar-refractivity contribution is 0.191. The first-order chi connectivity index (χ1) is 8.58. The first kappa shape index (κ1) is 13.9. The predicted molar refractivity (Wildman–Crippen MR) is 80.7 cm³/mol. The third-order valence-electron chi connectivity index (χ3n) is 3.58. The van der Waals surface area contributed by atoms with Crippen LogP contribution in [0.4, 0.5) is 0 Å². The second-order valence-electron chi connectivity index (χ2n) is 5.94. The highest BCUT2D eigenvalue weighted by molar-refractivity contribution is 9.09. The van der Waals surface area contributed by atoms with Crippen LogP contribution in [0, 0.1) is 18.8 Å². The van der Waals surface area contributed by atoms with Gasteiger partial charge in [0.25, 0.3) is 0 Å². The molecular formula is C16H23BrO. The van der Waals surface area contributed by atoms with E-state index in [2.05, 4.69) is 54.9 Å². The van der Waals surface area contributed by atoms with E-state index >= 15 is 0 Å². The molecule has 0 spiro atoms. The first-order valence-electron chi connectivity index (χ1n) is 6.90. The fourth-order valence-corrected chi connectivity index (χ4v) is 3.37. The molecular weight excluding hydrogens is 288 g/mol. The van der Waals surface area contributed by atoms with Crippen molar-refractivity contribution in [2.45, 2.75) is 46.1 Å². The molecule has 0 aliphatic carbocycles. The van der Waals surface area contributed by atoms with E-state index in [1.54, 1.807) is 0 Å². The van der Waals surface area contributed by atoms with Crippen LogP contribution in [0.5, 0.6) is 5.75 Å². The van der Waals surface area contributed by atoms with Gasteiger partial charge in [0.15, 0.2) is 0 Å². The molecule has 1 aromatic rings. The number of hydrogen-bond acceptors (Lipinski definition) is 1. The number of benzene rings is 1. The topological polar surface area (TPSA) is 9.23 Å². The van der Waals surface area contributed by atoms with Gasteiger partial charge in [0.05, 0.1) is 0 Å². The van der Waals surface area contributed by atoms with Gasteiger partial charge in [0.2, 0.25) is 0 Å². The average molecular weight is 311 g/mol. The van der Waals surface area contributed by atoms with E-state index in [1.165, 1.54) is 17.5 Å². The molecule has 0 saturated carbocycles. The van der Waals surface area contributed by atoms with Crippen molar-refractivity contribution >= 4 is 15.9 Å².